The van der Waals surface area contributed by atoms with Crippen molar-refractivity contribution in [2.24, 2.45) is 0 Å². The number of fused-ring (bicyclic) bond motifs is 1. The number of alkyl halides is 1. The molecule has 0 aliphatic carbocycles. The quantitative estimate of drug-likeness (QED) is 0.434. The van der Waals surface area contributed by atoms with Crippen molar-refractivity contribution in [3.05, 3.63) is 44.2 Å². The molecule has 2 atom stereocenters. The van der Waals surface area contributed by atoms with Crippen LogP contribution in [-0.4, -0.2) is 38.5 Å². The number of alkyl carbamates (subject to hydrolysis) is 1. The zero-order valence-electron chi connectivity index (χ0n) is 17.9. The number of carbonyl (C=O) groups is 1. The first-order valence-electron chi connectivity index (χ1n) is 9.78. The third-order valence-electron chi connectivity index (χ3n) is 4.42. The average Bonchev–Trinajstić information content (AvgIpc) is 3.27. The van der Waals surface area contributed by atoms with Gasteiger partial charge < -0.3 is 15.4 Å². The van der Waals surface area contributed by atoms with E-state index in [0.717, 1.165) is 9.39 Å². The van der Waals surface area contributed by atoms with Gasteiger partial charge in [0.2, 0.25) is 5.28 Å². The van der Waals surface area contributed by atoms with Gasteiger partial charge in [-0.25, -0.2) is 18.1 Å². The van der Waals surface area contributed by atoms with Crippen LogP contribution in [-0.2, 0) is 17.7 Å². The van der Waals surface area contributed by atoms with E-state index in [0.29, 0.717) is 6.54 Å². The molecule has 32 heavy (non-hydrogen) atoms. The molecule has 12 heteroatoms. The number of amides is 1. The highest BCUT2D eigenvalue weighted by Crippen LogP contribution is 2.32. The summed E-state index contributed by atoms with van der Waals surface area (Å²) in [4.78, 5) is 17.2. The first-order valence-corrected chi connectivity index (χ1v) is 11.4. The standard InChI is InChI=1S/C20H23Cl2F2N5O2S/c1-10(23)13(26-19(30)31-20(2,3)4)8-12-14(24)15-17(25-9-11-6-5-7-32-11)27-18(22)28-29(15)16(12)21/h5-7,10,13H,8-9H2,1-4H3,(H,26,30)(H,25,27,28)/t10-,13+/m0/s1. The van der Waals surface area contributed by atoms with Gasteiger partial charge in [-0.15, -0.1) is 16.4 Å². The van der Waals surface area contributed by atoms with Crippen LogP contribution in [0.25, 0.3) is 5.52 Å². The van der Waals surface area contributed by atoms with Gasteiger partial charge in [-0.1, -0.05) is 17.7 Å². The molecule has 0 bridgehead atoms. The predicted octanol–water partition coefficient (Wildman–Crippen LogP) is 5.64. The minimum absolute atomic E-state index is 0.0199. The monoisotopic (exact) mass is 505 g/mol. The van der Waals surface area contributed by atoms with Crippen molar-refractivity contribution in [3.8, 4) is 0 Å². The lowest BCUT2D eigenvalue weighted by molar-refractivity contribution is 0.0477. The van der Waals surface area contributed by atoms with Gasteiger partial charge in [-0.05, 0) is 50.7 Å². The Morgan fingerprint density at radius 2 is 2.09 bits per heavy atom. The molecule has 0 aliphatic rings. The summed E-state index contributed by atoms with van der Waals surface area (Å²) in [6, 6.07) is 2.73. The molecule has 0 aromatic carbocycles. The van der Waals surface area contributed by atoms with Crippen LogP contribution < -0.4 is 10.6 Å². The number of anilines is 1. The second-order valence-corrected chi connectivity index (χ2v) is 9.87. The lowest BCUT2D eigenvalue weighted by Crippen LogP contribution is -2.44. The summed E-state index contributed by atoms with van der Waals surface area (Å²) in [5.74, 6) is -0.578. The third kappa shape index (κ3) is 5.79. The summed E-state index contributed by atoms with van der Waals surface area (Å²) < 4.78 is 36.0. The van der Waals surface area contributed by atoms with Crippen LogP contribution >= 0.6 is 34.5 Å². The third-order valence-corrected chi connectivity index (χ3v) is 5.85. The predicted molar refractivity (Wildman–Crippen MR) is 122 cm³/mol. The van der Waals surface area contributed by atoms with Crippen LogP contribution in [0.4, 0.5) is 19.4 Å². The number of carbonyl (C=O) groups excluding carboxylic acids is 1. The fourth-order valence-electron chi connectivity index (χ4n) is 2.99. The number of thiophene rings is 1. The molecule has 7 nitrogen and oxygen atoms in total. The molecule has 2 N–H and O–H groups in total. The van der Waals surface area contributed by atoms with E-state index in [1.54, 1.807) is 20.8 Å². The molecule has 1 amide bonds. The Morgan fingerprint density at radius 3 is 2.69 bits per heavy atom. The van der Waals surface area contributed by atoms with Crippen LogP contribution in [0.2, 0.25) is 10.4 Å². The molecule has 3 heterocycles. The minimum Gasteiger partial charge on any atom is -0.444 e. The number of halogens is 4. The topological polar surface area (TPSA) is 80.5 Å². The maximum absolute atomic E-state index is 15.4. The number of hydrogen-bond acceptors (Lipinski definition) is 6. The highest BCUT2D eigenvalue weighted by molar-refractivity contribution is 7.09. The van der Waals surface area contributed by atoms with Crippen LogP contribution in [0.15, 0.2) is 17.5 Å². The fraction of sp³-hybridized carbons (Fsp3) is 0.450. The van der Waals surface area contributed by atoms with Crippen molar-refractivity contribution in [2.75, 3.05) is 5.32 Å². The average molecular weight is 506 g/mol. The summed E-state index contributed by atoms with van der Waals surface area (Å²) in [6.07, 6.45) is -2.55. The minimum atomic E-state index is -1.51. The van der Waals surface area contributed by atoms with E-state index in [-0.39, 0.29) is 33.8 Å². The van der Waals surface area contributed by atoms with Crippen molar-refractivity contribution >= 4 is 52.0 Å². The molecule has 3 aromatic heterocycles. The van der Waals surface area contributed by atoms with Gasteiger partial charge in [-0.3, -0.25) is 0 Å². The van der Waals surface area contributed by atoms with E-state index >= 15 is 4.39 Å². The van der Waals surface area contributed by atoms with E-state index in [4.69, 9.17) is 27.9 Å². The number of hydrogen-bond donors (Lipinski definition) is 2. The molecule has 3 rings (SSSR count). The van der Waals surface area contributed by atoms with Gasteiger partial charge in [0.05, 0.1) is 12.6 Å². The summed E-state index contributed by atoms with van der Waals surface area (Å²) >= 11 is 13.9. The van der Waals surface area contributed by atoms with E-state index in [1.165, 1.54) is 18.3 Å². The second kappa shape index (κ2) is 9.76. The number of aromatic nitrogens is 3. The normalized spacial score (nSPS) is 13.8. The molecular weight excluding hydrogens is 483 g/mol. The van der Waals surface area contributed by atoms with Gasteiger partial charge in [0.25, 0.3) is 0 Å². The van der Waals surface area contributed by atoms with E-state index in [9.17, 15) is 9.18 Å². The van der Waals surface area contributed by atoms with Gasteiger partial charge in [-0.2, -0.15) is 4.98 Å². The highest BCUT2D eigenvalue weighted by atomic mass is 35.5. The number of ether oxygens (including phenoxy) is 1. The summed E-state index contributed by atoms with van der Waals surface area (Å²) in [6.45, 7) is 6.71. The zero-order chi connectivity index (χ0) is 23.6. The van der Waals surface area contributed by atoms with Gasteiger partial charge in [0.15, 0.2) is 11.6 Å². The Morgan fingerprint density at radius 1 is 1.38 bits per heavy atom. The molecule has 0 unspecified atom stereocenters. The van der Waals surface area contributed by atoms with E-state index < -0.39 is 29.7 Å². The number of rotatable bonds is 7. The first-order chi connectivity index (χ1) is 15.0. The Kier molecular flexibility index (Phi) is 7.46. The molecule has 0 fully saturated rings. The van der Waals surface area contributed by atoms with Crippen molar-refractivity contribution in [2.45, 2.75) is 58.5 Å². The maximum atomic E-state index is 15.4. The smallest absolute Gasteiger partial charge is 0.407 e. The molecule has 174 valence electrons. The lowest BCUT2D eigenvalue weighted by Gasteiger charge is -2.24. The summed E-state index contributed by atoms with van der Waals surface area (Å²) in [5.41, 5.74) is -0.807. The molecule has 0 radical (unpaired) electrons. The SMILES string of the molecule is C[C@H](F)[C@@H](Cc1c(F)c2c(NCc3cccs3)nc(Cl)nn2c1Cl)NC(=O)OC(C)(C)C. The maximum Gasteiger partial charge on any atom is 0.407 e. The van der Waals surface area contributed by atoms with Crippen molar-refractivity contribution in [1.29, 1.82) is 0 Å². The van der Waals surface area contributed by atoms with Crippen LogP contribution in [0.5, 0.6) is 0 Å². The zero-order valence-corrected chi connectivity index (χ0v) is 20.2. The largest absolute Gasteiger partial charge is 0.444 e. The van der Waals surface area contributed by atoms with Crippen LogP contribution in [0.1, 0.15) is 38.1 Å². The Bertz CT molecular complexity index is 1100. The van der Waals surface area contributed by atoms with Gasteiger partial charge >= 0.3 is 6.09 Å². The van der Waals surface area contributed by atoms with E-state index in [2.05, 4.69) is 20.7 Å². The lowest BCUT2D eigenvalue weighted by atomic mass is 10.0. The van der Waals surface area contributed by atoms with E-state index in [1.807, 2.05) is 17.5 Å². The molecular formula is C20H23Cl2F2N5O2S. The van der Waals surface area contributed by atoms with Crippen LogP contribution in [0, 0.1) is 5.82 Å². The highest BCUT2D eigenvalue weighted by Gasteiger charge is 2.29. The summed E-state index contributed by atoms with van der Waals surface area (Å²) in [7, 11) is 0. The molecule has 0 spiro atoms. The Hall–Kier alpha value is -2.17. The Balaban J connectivity index is 1.92. The summed E-state index contributed by atoms with van der Waals surface area (Å²) in [5, 5.41) is 11.2. The number of nitrogens with one attached hydrogen (secondary N) is 2. The molecule has 0 aliphatic heterocycles. The first kappa shape index (κ1) is 24.5. The van der Waals surface area contributed by atoms with Crippen molar-refractivity contribution in [1.82, 2.24) is 19.9 Å². The van der Waals surface area contributed by atoms with Crippen molar-refractivity contribution < 1.29 is 18.3 Å². The molecule has 3 aromatic rings. The van der Waals surface area contributed by atoms with Crippen LogP contribution in [0.3, 0.4) is 0 Å². The van der Waals surface area contributed by atoms with Gasteiger partial charge in [0, 0.05) is 16.9 Å². The van der Waals surface area contributed by atoms with Gasteiger partial charge in [0.1, 0.15) is 22.4 Å². The Labute approximate surface area is 198 Å². The fourth-order valence-corrected chi connectivity index (χ4v) is 4.08. The second-order valence-electron chi connectivity index (χ2n) is 8.14. The molecule has 0 saturated carbocycles. The van der Waals surface area contributed by atoms with Crippen molar-refractivity contribution in [3.63, 3.8) is 0 Å². The number of nitrogens with zero attached hydrogens (tertiary/aromatic N) is 3. The molecule has 0 saturated heterocycles.